The van der Waals surface area contributed by atoms with E-state index in [1.807, 2.05) is 0 Å². The van der Waals surface area contributed by atoms with E-state index in [9.17, 15) is 4.79 Å². The standard InChI is InChI=1S/C9H12N2O2/c1-3-13-9(12)8-6(2)7(10)4-5-11-8/h4-5H,3H2,1-2H3,(H2,10,11). The predicted molar refractivity (Wildman–Crippen MR) is 49.3 cm³/mol. The molecule has 0 aliphatic rings. The van der Waals surface area contributed by atoms with Crippen molar-refractivity contribution in [1.29, 1.82) is 0 Å². The third-order valence-corrected chi connectivity index (χ3v) is 1.71. The molecule has 0 radical (unpaired) electrons. The first-order valence-electron chi connectivity index (χ1n) is 4.05. The van der Waals surface area contributed by atoms with Crippen LogP contribution in [-0.4, -0.2) is 17.6 Å². The Morgan fingerprint density at radius 2 is 2.38 bits per heavy atom. The maximum atomic E-state index is 11.3. The Kier molecular flexibility index (Phi) is 2.84. The first-order valence-corrected chi connectivity index (χ1v) is 4.05. The molecule has 4 heteroatoms. The van der Waals surface area contributed by atoms with Gasteiger partial charge in [0.25, 0.3) is 0 Å². The first kappa shape index (κ1) is 9.51. The topological polar surface area (TPSA) is 65.2 Å². The van der Waals surface area contributed by atoms with Gasteiger partial charge < -0.3 is 10.5 Å². The van der Waals surface area contributed by atoms with Gasteiger partial charge in [-0.3, -0.25) is 0 Å². The minimum absolute atomic E-state index is 0.293. The number of carbonyl (C=O) groups excluding carboxylic acids is 1. The van der Waals surface area contributed by atoms with E-state index >= 15 is 0 Å². The number of aromatic nitrogens is 1. The van der Waals surface area contributed by atoms with Crippen LogP contribution in [0.3, 0.4) is 0 Å². The second kappa shape index (κ2) is 3.89. The van der Waals surface area contributed by atoms with Crippen molar-refractivity contribution in [3.8, 4) is 0 Å². The Labute approximate surface area is 76.7 Å². The van der Waals surface area contributed by atoms with Crippen LogP contribution in [0.1, 0.15) is 23.0 Å². The van der Waals surface area contributed by atoms with Gasteiger partial charge in [-0.15, -0.1) is 0 Å². The van der Waals surface area contributed by atoms with E-state index in [4.69, 9.17) is 10.5 Å². The Bertz CT molecular complexity index is 323. The highest BCUT2D eigenvalue weighted by Gasteiger charge is 2.12. The molecule has 0 spiro atoms. The van der Waals surface area contributed by atoms with Gasteiger partial charge in [0, 0.05) is 17.4 Å². The summed E-state index contributed by atoms with van der Waals surface area (Å²) in [5, 5.41) is 0. The fourth-order valence-electron chi connectivity index (χ4n) is 0.956. The van der Waals surface area contributed by atoms with E-state index < -0.39 is 5.97 Å². The minimum atomic E-state index is -0.424. The molecule has 1 aromatic heterocycles. The fraction of sp³-hybridized carbons (Fsp3) is 0.333. The number of nitrogens with two attached hydrogens (primary N) is 1. The highest BCUT2D eigenvalue weighted by molar-refractivity contribution is 5.90. The number of esters is 1. The van der Waals surface area contributed by atoms with Crippen molar-refractivity contribution in [3.05, 3.63) is 23.5 Å². The Hall–Kier alpha value is -1.58. The molecule has 0 atom stereocenters. The maximum absolute atomic E-state index is 11.3. The van der Waals surface area contributed by atoms with Crippen LogP contribution in [0.4, 0.5) is 5.69 Å². The van der Waals surface area contributed by atoms with Crippen molar-refractivity contribution in [2.75, 3.05) is 12.3 Å². The van der Waals surface area contributed by atoms with Gasteiger partial charge in [0.05, 0.1) is 6.61 Å². The second-order valence-corrected chi connectivity index (χ2v) is 2.59. The lowest BCUT2D eigenvalue weighted by Gasteiger charge is -2.05. The number of anilines is 1. The molecule has 0 aromatic carbocycles. The molecule has 1 aromatic rings. The number of nitrogen functional groups attached to an aromatic ring is 1. The summed E-state index contributed by atoms with van der Waals surface area (Å²) in [4.78, 5) is 15.2. The zero-order chi connectivity index (χ0) is 9.84. The van der Waals surface area contributed by atoms with Gasteiger partial charge in [-0.2, -0.15) is 0 Å². The van der Waals surface area contributed by atoms with Crippen molar-refractivity contribution in [1.82, 2.24) is 4.98 Å². The van der Waals surface area contributed by atoms with E-state index in [1.165, 1.54) is 6.20 Å². The molecule has 0 saturated carbocycles. The second-order valence-electron chi connectivity index (χ2n) is 2.59. The van der Waals surface area contributed by atoms with Crippen LogP contribution in [0.5, 0.6) is 0 Å². The molecule has 0 amide bonds. The molecule has 13 heavy (non-hydrogen) atoms. The van der Waals surface area contributed by atoms with E-state index in [2.05, 4.69) is 4.98 Å². The first-order chi connectivity index (χ1) is 6.16. The zero-order valence-electron chi connectivity index (χ0n) is 7.70. The molecule has 1 rings (SSSR count). The molecule has 0 saturated heterocycles. The van der Waals surface area contributed by atoms with E-state index in [0.29, 0.717) is 23.6 Å². The largest absolute Gasteiger partial charge is 0.461 e. The van der Waals surface area contributed by atoms with Crippen LogP contribution in [0, 0.1) is 6.92 Å². The molecule has 2 N–H and O–H groups in total. The van der Waals surface area contributed by atoms with Crippen molar-refractivity contribution >= 4 is 11.7 Å². The summed E-state index contributed by atoms with van der Waals surface area (Å²) in [6, 6.07) is 1.65. The summed E-state index contributed by atoms with van der Waals surface area (Å²) in [7, 11) is 0. The molecule has 0 unspecified atom stereocenters. The van der Waals surface area contributed by atoms with E-state index in [-0.39, 0.29) is 0 Å². The van der Waals surface area contributed by atoms with Crippen molar-refractivity contribution < 1.29 is 9.53 Å². The number of ether oxygens (including phenoxy) is 1. The van der Waals surface area contributed by atoms with Crippen molar-refractivity contribution in [2.45, 2.75) is 13.8 Å². The Morgan fingerprint density at radius 1 is 1.69 bits per heavy atom. The monoisotopic (exact) mass is 180 g/mol. The summed E-state index contributed by atoms with van der Waals surface area (Å²) < 4.78 is 4.81. The lowest BCUT2D eigenvalue weighted by molar-refractivity contribution is 0.0518. The fourth-order valence-corrected chi connectivity index (χ4v) is 0.956. The third kappa shape index (κ3) is 1.96. The molecule has 0 bridgehead atoms. The average molecular weight is 180 g/mol. The SMILES string of the molecule is CCOC(=O)c1nccc(N)c1C. The van der Waals surface area contributed by atoms with Gasteiger partial charge >= 0.3 is 5.97 Å². The minimum Gasteiger partial charge on any atom is -0.461 e. The van der Waals surface area contributed by atoms with Crippen LogP contribution < -0.4 is 5.73 Å². The smallest absolute Gasteiger partial charge is 0.357 e. The Morgan fingerprint density at radius 3 is 3.00 bits per heavy atom. The summed E-state index contributed by atoms with van der Waals surface area (Å²) in [6.45, 7) is 3.84. The molecular formula is C9H12N2O2. The molecule has 70 valence electrons. The molecule has 0 aliphatic carbocycles. The number of hydrogen-bond acceptors (Lipinski definition) is 4. The summed E-state index contributed by atoms with van der Waals surface area (Å²) >= 11 is 0. The summed E-state index contributed by atoms with van der Waals surface area (Å²) in [5.41, 5.74) is 7.12. The Balaban J connectivity index is 3.01. The van der Waals surface area contributed by atoms with Crippen molar-refractivity contribution in [2.24, 2.45) is 0 Å². The summed E-state index contributed by atoms with van der Waals surface area (Å²) in [6.07, 6.45) is 1.49. The number of nitrogens with zero attached hydrogens (tertiary/aromatic N) is 1. The number of rotatable bonds is 2. The van der Waals surface area contributed by atoms with E-state index in [1.54, 1.807) is 19.9 Å². The predicted octanol–water partition coefficient (Wildman–Crippen LogP) is 1.15. The van der Waals surface area contributed by atoms with Crippen LogP contribution in [-0.2, 0) is 4.74 Å². The number of hydrogen-bond donors (Lipinski definition) is 1. The van der Waals surface area contributed by atoms with Gasteiger partial charge in [-0.05, 0) is 19.9 Å². The van der Waals surface area contributed by atoms with Gasteiger partial charge in [0.15, 0.2) is 5.69 Å². The van der Waals surface area contributed by atoms with Crippen LogP contribution in [0.15, 0.2) is 12.3 Å². The maximum Gasteiger partial charge on any atom is 0.357 e. The molecule has 1 heterocycles. The van der Waals surface area contributed by atoms with Crippen LogP contribution >= 0.6 is 0 Å². The van der Waals surface area contributed by atoms with E-state index in [0.717, 1.165) is 0 Å². The number of carbonyl (C=O) groups is 1. The molecule has 4 nitrogen and oxygen atoms in total. The quantitative estimate of drug-likeness (QED) is 0.693. The average Bonchev–Trinajstić information content (AvgIpc) is 2.10. The number of pyridine rings is 1. The normalized spacial score (nSPS) is 9.69. The lowest BCUT2D eigenvalue weighted by Crippen LogP contribution is -2.10. The van der Waals surface area contributed by atoms with Gasteiger partial charge in [-0.25, -0.2) is 9.78 Å². The summed E-state index contributed by atoms with van der Waals surface area (Å²) in [5.74, 6) is -0.424. The zero-order valence-corrected chi connectivity index (χ0v) is 7.70. The highest BCUT2D eigenvalue weighted by atomic mass is 16.5. The third-order valence-electron chi connectivity index (χ3n) is 1.71. The van der Waals surface area contributed by atoms with Gasteiger partial charge in [0.1, 0.15) is 0 Å². The van der Waals surface area contributed by atoms with Crippen molar-refractivity contribution in [3.63, 3.8) is 0 Å². The lowest BCUT2D eigenvalue weighted by atomic mass is 10.2. The highest BCUT2D eigenvalue weighted by Crippen LogP contribution is 2.13. The van der Waals surface area contributed by atoms with Crippen LogP contribution in [0.25, 0.3) is 0 Å². The molecule has 0 aliphatic heterocycles. The molecular weight excluding hydrogens is 168 g/mol. The van der Waals surface area contributed by atoms with Crippen LogP contribution in [0.2, 0.25) is 0 Å². The van der Waals surface area contributed by atoms with Gasteiger partial charge in [-0.1, -0.05) is 0 Å². The molecule has 0 fully saturated rings. The van der Waals surface area contributed by atoms with Gasteiger partial charge in [0.2, 0.25) is 0 Å².